The zero-order valence-electron chi connectivity index (χ0n) is 15.4. The second kappa shape index (κ2) is 6.44. The molecule has 1 aromatic carbocycles. The maximum atomic E-state index is 13.0. The van der Waals surface area contributed by atoms with Crippen molar-refractivity contribution in [2.75, 3.05) is 19.0 Å². The molecule has 1 aliphatic rings. The van der Waals surface area contributed by atoms with Gasteiger partial charge in [0.2, 0.25) is 0 Å². The van der Waals surface area contributed by atoms with Gasteiger partial charge in [-0.2, -0.15) is 0 Å². The smallest absolute Gasteiger partial charge is 0.252 e. The number of nitrogens with zero attached hydrogens (tertiary/aromatic N) is 4. The lowest BCUT2D eigenvalue weighted by Crippen LogP contribution is -2.41. The number of aromatic nitrogens is 3. The third-order valence-electron chi connectivity index (χ3n) is 4.85. The van der Waals surface area contributed by atoms with E-state index < -0.39 is 0 Å². The molecule has 0 bridgehead atoms. The average molecular weight is 349 g/mol. The Bertz CT molecular complexity index is 975. The molecule has 6 nitrogen and oxygen atoms in total. The highest BCUT2D eigenvalue weighted by Gasteiger charge is 2.23. The number of carbonyl (C=O) groups excluding carboxylic acids is 1. The van der Waals surface area contributed by atoms with E-state index in [0.29, 0.717) is 5.56 Å². The molecule has 2 aromatic heterocycles. The van der Waals surface area contributed by atoms with E-state index in [1.807, 2.05) is 56.3 Å². The average Bonchev–Trinajstić information content (AvgIpc) is 2.99. The van der Waals surface area contributed by atoms with Crippen LogP contribution in [0.1, 0.15) is 28.3 Å². The molecular formula is C20H23N5O. The maximum Gasteiger partial charge on any atom is 0.252 e. The number of hydrogen-bond donors (Lipinski definition) is 1. The summed E-state index contributed by atoms with van der Waals surface area (Å²) in [7, 11) is 3.87. The van der Waals surface area contributed by atoms with Crippen LogP contribution < -0.4 is 10.2 Å². The highest BCUT2D eigenvalue weighted by molar-refractivity contribution is 6.07. The van der Waals surface area contributed by atoms with Gasteiger partial charge in [-0.1, -0.05) is 18.2 Å². The summed E-state index contributed by atoms with van der Waals surface area (Å²) in [5.74, 6) is 1.85. The lowest BCUT2D eigenvalue weighted by molar-refractivity contribution is 0.0929. The van der Waals surface area contributed by atoms with Gasteiger partial charge < -0.3 is 14.8 Å². The summed E-state index contributed by atoms with van der Waals surface area (Å²) >= 11 is 0. The van der Waals surface area contributed by atoms with Gasteiger partial charge in [0.15, 0.2) is 0 Å². The van der Waals surface area contributed by atoms with Crippen LogP contribution in [0.3, 0.4) is 0 Å². The number of carbonyl (C=O) groups is 1. The third-order valence-corrected chi connectivity index (χ3v) is 4.85. The number of para-hydroxylation sites is 1. The Hall–Kier alpha value is -2.89. The molecule has 26 heavy (non-hydrogen) atoms. The summed E-state index contributed by atoms with van der Waals surface area (Å²) in [6.45, 7) is 2.77. The first-order valence-corrected chi connectivity index (χ1v) is 8.92. The van der Waals surface area contributed by atoms with Crippen molar-refractivity contribution < 1.29 is 4.79 Å². The second-order valence-corrected chi connectivity index (χ2v) is 7.10. The number of fused-ring (bicyclic) bond motifs is 2. The SMILES string of the molecule is Cc1cn2c(n1)CC[C@H](NC(=O)c1cc(N(C)C)nc3ccccc13)C2. The molecule has 6 heteroatoms. The zero-order valence-corrected chi connectivity index (χ0v) is 15.4. The van der Waals surface area contributed by atoms with Crippen molar-refractivity contribution in [1.82, 2.24) is 19.9 Å². The van der Waals surface area contributed by atoms with Gasteiger partial charge in [0.25, 0.3) is 5.91 Å². The predicted molar refractivity (Wildman–Crippen MR) is 103 cm³/mol. The lowest BCUT2D eigenvalue weighted by Gasteiger charge is -2.25. The summed E-state index contributed by atoms with van der Waals surface area (Å²) < 4.78 is 2.15. The Kier molecular flexibility index (Phi) is 4.11. The van der Waals surface area contributed by atoms with E-state index in [1.165, 1.54) is 0 Å². The van der Waals surface area contributed by atoms with Crippen molar-refractivity contribution in [2.24, 2.45) is 0 Å². The number of aryl methyl sites for hydroxylation is 2. The summed E-state index contributed by atoms with van der Waals surface area (Å²) in [6.07, 6.45) is 3.85. The van der Waals surface area contributed by atoms with Crippen LogP contribution in [0.15, 0.2) is 36.5 Å². The molecule has 3 heterocycles. The molecule has 1 amide bonds. The number of rotatable bonds is 3. The van der Waals surface area contributed by atoms with E-state index in [9.17, 15) is 4.79 Å². The second-order valence-electron chi connectivity index (χ2n) is 7.10. The van der Waals surface area contributed by atoms with Crippen LogP contribution >= 0.6 is 0 Å². The molecule has 1 aliphatic heterocycles. The Morgan fingerprint density at radius 2 is 2.08 bits per heavy atom. The topological polar surface area (TPSA) is 63.1 Å². The number of amides is 1. The van der Waals surface area contributed by atoms with Crippen molar-refractivity contribution in [2.45, 2.75) is 32.4 Å². The van der Waals surface area contributed by atoms with Gasteiger partial charge in [-0.25, -0.2) is 9.97 Å². The van der Waals surface area contributed by atoms with Crippen molar-refractivity contribution in [3.05, 3.63) is 53.6 Å². The van der Waals surface area contributed by atoms with E-state index >= 15 is 0 Å². The molecular weight excluding hydrogens is 326 g/mol. The van der Waals surface area contributed by atoms with Crippen molar-refractivity contribution in [3.8, 4) is 0 Å². The van der Waals surface area contributed by atoms with Gasteiger partial charge in [-0.15, -0.1) is 0 Å². The van der Waals surface area contributed by atoms with E-state index in [0.717, 1.165) is 47.6 Å². The van der Waals surface area contributed by atoms with E-state index in [2.05, 4.69) is 26.0 Å². The molecule has 0 aliphatic carbocycles. The number of hydrogen-bond acceptors (Lipinski definition) is 4. The molecule has 0 unspecified atom stereocenters. The van der Waals surface area contributed by atoms with E-state index in [1.54, 1.807) is 0 Å². The minimum Gasteiger partial charge on any atom is -0.363 e. The lowest BCUT2D eigenvalue weighted by atomic mass is 10.0. The number of pyridine rings is 1. The number of benzene rings is 1. The van der Waals surface area contributed by atoms with E-state index in [4.69, 9.17) is 0 Å². The number of anilines is 1. The van der Waals surface area contributed by atoms with Crippen LogP contribution in [-0.2, 0) is 13.0 Å². The molecule has 0 fully saturated rings. The Balaban J connectivity index is 1.62. The van der Waals surface area contributed by atoms with Gasteiger partial charge in [0.1, 0.15) is 11.6 Å². The molecule has 3 aromatic rings. The van der Waals surface area contributed by atoms with Crippen LogP contribution in [0.4, 0.5) is 5.82 Å². The third kappa shape index (κ3) is 3.03. The molecule has 1 N–H and O–H groups in total. The minimum atomic E-state index is -0.0445. The normalized spacial score (nSPS) is 16.3. The van der Waals surface area contributed by atoms with Gasteiger partial charge in [0, 0.05) is 44.7 Å². The molecule has 0 saturated heterocycles. The van der Waals surface area contributed by atoms with Crippen molar-refractivity contribution in [1.29, 1.82) is 0 Å². The number of nitrogens with one attached hydrogen (secondary N) is 1. The van der Waals surface area contributed by atoms with E-state index in [-0.39, 0.29) is 11.9 Å². The van der Waals surface area contributed by atoms with Crippen LogP contribution in [-0.4, -0.2) is 40.6 Å². The highest BCUT2D eigenvalue weighted by atomic mass is 16.1. The summed E-state index contributed by atoms with van der Waals surface area (Å²) in [5.41, 5.74) is 2.54. The first-order valence-electron chi connectivity index (χ1n) is 8.92. The van der Waals surface area contributed by atoms with Crippen LogP contribution in [0.2, 0.25) is 0 Å². The summed E-state index contributed by atoms with van der Waals surface area (Å²) in [4.78, 5) is 24.1. The maximum absolute atomic E-state index is 13.0. The van der Waals surface area contributed by atoms with Gasteiger partial charge in [-0.05, 0) is 25.5 Å². The first kappa shape index (κ1) is 16.6. The summed E-state index contributed by atoms with van der Waals surface area (Å²) in [5, 5.41) is 4.09. The largest absolute Gasteiger partial charge is 0.363 e. The zero-order chi connectivity index (χ0) is 18.3. The van der Waals surface area contributed by atoms with Crippen LogP contribution in [0, 0.1) is 6.92 Å². The molecule has 0 saturated carbocycles. The highest BCUT2D eigenvalue weighted by Crippen LogP contribution is 2.23. The quantitative estimate of drug-likeness (QED) is 0.789. The standard InChI is InChI=1S/C20H23N5O/c1-13-11-25-12-14(8-9-18(25)21-13)22-20(26)16-10-19(24(2)3)23-17-7-5-4-6-15(16)17/h4-7,10-11,14H,8-9,12H2,1-3H3,(H,22,26)/t14-/m0/s1. The van der Waals surface area contributed by atoms with Gasteiger partial charge in [-0.3, -0.25) is 4.79 Å². The van der Waals surface area contributed by atoms with Crippen LogP contribution in [0.5, 0.6) is 0 Å². The molecule has 134 valence electrons. The monoisotopic (exact) mass is 349 g/mol. The first-order chi connectivity index (χ1) is 12.5. The molecule has 0 radical (unpaired) electrons. The summed E-state index contributed by atoms with van der Waals surface area (Å²) in [6, 6.07) is 9.76. The predicted octanol–water partition coefficient (Wildman–Crippen LogP) is 2.55. The fourth-order valence-electron chi connectivity index (χ4n) is 3.55. The minimum absolute atomic E-state index is 0.0445. The fourth-order valence-corrected chi connectivity index (χ4v) is 3.55. The van der Waals surface area contributed by atoms with Gasteiger partial charge >= 0.3 is 0 Å². The van der Waals surface area contributed by atoms with Crippen LogP contribution in [0.25, 0.3) is 10.9 Å². The van der Waals surface area contributed by atoms with Gasteiger partial charge in [0.05, 0.1) is 16.8 Å². The molecule has 0 spiro atoms. The fraction of sp³-hybridized carbons (Fsp3) is 0.350. The molecule has 1 atom stereocenters. The number of imidazole rings is 1. The van der Waals surface area contributed by atoms with Crippen molar-refractivity contribution >= 4 is 22.6 Å². The Labute approximate surface area is 152 Å². The molecule has 4 rings (SSSR count). The van der Waals surface area contributed by atoms with Crippen molar-refractivity contribution in [3.63, 3.8) is 0 Å². The Morgan fingerprint density at radius 1 is 1.27 bits per heavy atom. The Morgan fingerprint density at radius 3 is 2.88 bits per heavy atom.